The summed E-state index contributed by atoms with van der Waals surface area (Å²) in [5, 5.41) is 22.4. The molecule has 6 nitrogen and oxygen atoms in total. The predicted octanol–water partition coefficient (Wildman–Crippen LogP) is -0.320. The molecule has 7 heteroatoms. The normalized spacial score (nSPS) is 11.2. The Hall–Kier alpha value is -1.44. The summed E-state index contributed by atoms with van der Waals surface area (Å²) in [6, 6.07) is 3.45. The molecule has 0 spiro atoms. The van der Waals surface area contributed by atoms with Crippen molar-refractivity contribution in [2.45, 2.75) is 12.5 Å². The van der Waals surface area contributed by atoms with Gasteiger partial charge in [-0.15, -0.1) is 11.3 Å². The molecule has 0 aliphatic heterocycles. The van der Waals surface area contributed by atoms with Gasteiger partial charge in [0.2, 0.25) is 5.91 Å². The van der Waals surface area contributed by atoms with Crippen LogP contribution in [0.2, 0.25) is 0 Å². The van der Waals surface area contributed by atoms with Crippen molar-refractivity contribution in [1.29, 1.82) is 0 Å². The Labute approximate surface area is 115 Å². The number of nitrogens with one attached hydrogen (secondary N) is 1. The molecule has 1 aromatic rings. The average molecular weight is 286 g/mol. The first-order chi connectivity index (χ1) is 8.91. The van der Waals surface area contributed by atoms with Crippen LogP contribution in [0.15, 0.2) is 17.5 Å². The Morgan fingerprint density at radius 2 is 2.05 bits per heavy atom. The molecule has 106 valence electrons. The molecule has 0 aliphatic rings. The van der Waals surface area contributed by atoms with Crippen LogP contribution in [-0.4, -0.2) is 59.3 Å². The summed E-state index contributed by atoms with van der Waals surface area (Å²) < 4.78 is 0. The van der Waals surface area contributed by atoms with E-state index >= 15 is 0 Å². The molecule has 0 saturated heterocycles. The van der Waals surface area contributed by atoms with E-state index in [2.05, 4.69) is 5.32 Å². The lowest BCUT2D eigenvalue weighted by atomic mass is 10.1. The van der Waals surface area contributed by atoms with E-state index in [1.54, 1.807) is 17.5 Å². The van der Waals surface area contributed by atoms with Crippen LogP contribution in [0.1, 0.15) is 16.6 Å². The Morgan fingerprint density at radius 3 is 2.53 bits per heavy atom. The van der Waals surface area contributed by atoms with Crippen molar-refractivity contribution in [3.63, 3.8) is 0 Å². The van der Waals surface area contributed by atoms with Crippen molar-refractivity contribution < 1.29 is 19.8 Å². The summed E-state index contributed by atoms with van der Waals surface area (Å²) >= 11 is 1.31. The van der Waals surface area contributed by atoms with Gasteiger partial charge in [-0.1, -0.05) is 6.07 Å². The Balaban J connectivity index is 2.55. The fraction of sp³-hybridized carbons (Fsp3) is 0.500. The molecule has 1 rings (SSSR count). The Morgan fingerprint density at radius 1 is 1.42 bits per heavy atom. The number of rotatable bonds is 6. The fourth-order valence-electron chi connectivity index (χ4n) is 1.38. The number of amides is 2. The van der Waals surface area contributed by atoms with Gasteiger partial charge in [0.1, 0.15) is 0 Å². The van der Waals surface area contributed by atoms with E-state index in [9.17, 15) is 9.59 Å². The van der Waals surface area contributed by atoms with Gasteiger partial charge >= 0.3 is 0 Å². The van der Waals surface area contributed by atoms with Crippen molar-refractivity contribution >= 4 is 23.2 Å². The molecule has 1 heterocycles. The van der Waals surface area contributed by atoms with Gasteiger partial charge in [-0.3, -0.25) is 9.59 Å². The maximum atomic E-state index is 11.9. The second-order valence-corrected chi connectivity index (χ2v) is 5.51. The highest BCUT2D eigenvalue weighted by atomic mass is 32.1. The number of carbonyl (C=O) groups excluding carboxylic acids is 2. The standard InChI is InChI=1S/C12H18N2O4S/c1-12(7-15,8-16)13-10(17)6-14(2)11(18)9-4-3-5-19-9/h3-5,15-16H,6-8H2,1-2H3,(H,13,17). The molecule has 0 atom stereocenters. The van der Waals surface area contributed by atoms with Crippen LogP contribution in [-0.2, 0) is 4.79 Å². The first kappa shape index (κ1) is 15.6. The smallest absolute Gasteiger partial charge is 0.264 e. The van der Waals surface area contributed by atoms with Gasteiger partial charge in [0, 0.05) is 7.05 Å². The molecular weight excluding hydrogens is 268 g/mol. The number of carbonyl (C=O) groups is 2. The summed E-state index contributed by atoms with van der Waals surface area (Å²) in [5.41, 5.74) is -1.08. The number of nitrogens with zero attached hydrogens (tertiary/aromatic N) is 1. The van der Waals surface area contributed by atoms with Gasteiger partial charge in [0.15, 0.2) is 0 Å². The van der Waals surface area contributed by atoms with Gasteiger partial charge in [-0.25, -0.2) is 0 Å². The second-order valence-electron chi connectivity index (χ2n) is 4.56. The lowest BCUT2D eigenvalue weighted by Gasteiger charge is -2.27. The minimum Gasteiger partial charge on any atom is -0.394 e. The van der Waals surface area contributed by atoms with Crippen LogP contribution < -0.4 is 5.32 Å². The zero-order valence-electron chi connectivity index (χ0n) is 10.9. The van der Waals surface area contributed by atoms with Crippen LogP contribution in [0.25, 0.3) is 0 Å². The van der Waals surface area contributed by atoms with E-state index in [1.807, 2.05) is 0 Å². The molecule has 0 fully saturated rings. The zero-order valence-corrected chi connectivity index (χ0v) is 11.7. The highest BCUT2D eigenvalue weighted by Gasteiger charge is 2.25. The molecule has 0 aliphatic carbocycles. The summed E-state index contributed by atoms with van der Waals surface area (Å²) in [6.07, 6.45) is 0. The molecular formula is C12H18N2O4S. The summed E-state index contributed by atoms with van der Waals surface area (Å²) in [5.74, 6) is -0.669. The molecule has 1 aromatic heterocycles. The van der Waals surface area contributed by atoms with Crippen molar-refractivity contribution in [2.75, 3.05) is 26.8 Å². The van der Waals surface area contributed by atoms with Crippen molar-refractivity contribution in [3.05, 3.63) is 22.4 Å². The molecule has 0 radical (unpaired) electrons. The monoisotopic (exact) mass is 286 g/mol. The molecule has 0 saturated carbocycles. The van der Waals surface area contributed by atoms with E-state index in [-0.39, 0.29) is 25.7 Å². The zero-order chi connectivity index (χ0) is 14.5. The number of aliphatic hydroxyl groups excluding tert-OH is 2. The van der Waals surface area contributed by atoms with Gasteiger partial charge < -0.3 is 20.4 Å². The molecule has 3 N–H and O–H groups in total. The summed E-state index contributed by atoms with van der Waals surface area (Å²) in [6.45, 7) is 0.633. The maximum absolute atomic E-state index is 11.9. The van der Waals surface area contributed by atoms with Crippen LogP contribution in [0.3, 0.4) is 0 Å². The minimum atomic E-state index is -1.08. The van der Waals surface area contributed by atoms with E-state index in [4.69, 9.17) is 10.2 Å². The third-order valence-corrected chi connectivity index (χ3v) is 3.46. The Kier molecular flexibility index (Phi) is 5.46. The number of likely N-dealkylation sites (N-methyl/N-ethyl adjacent to an activating group) is 1. The molecule has 2 amide bonds. The summed E-state index contributed by atoms with van der Waals surface area (Å²) in [7, 11) is 1.52. The first-order valence-electron chi connectivity index (χ1n) is 5.73. The topological polar surface area (TPSA) is 89.9 Å². The molecule has 0 unspecified atom stereocenters. The molecule has 0 aromatic carbocycles. The highest BCUT2D eigenvalue weighted by Crippen LogP contribution is 2.11. The first-order valence-corrected chi connectivity index (χ1v) is 6.61. The van der Waals surface area contributed by atoms with Crippen molar-refractivity contribution in [3.8, 4) is 0 Å². The van der Waals surface area contributed by atoms with E-state index in [0.29, 0.717) is 4.88 Å². The fourth-order valence-corrected chi connectivity index (χ4v) is 2.10. The quantitative estimate of drug-likeness (QED) is 0.668. The number of thiophene rings is 1. The van der Waals surface area contributed by atoms with Gasteiger partial charge in [0.25, 0.3) is 5.91 Å². The van der Waals surface area contributed by atoms with Gasteiger partial charge in [-0.05, 0) is 18.4 Å². The van der Waals surface area contributed by atoms with Gasteiger partial charge in [0.05, 0.1) is 30.2 Å². The van der Waals surface area contributed by atoms with Gasteiger partial charge in [-0.2, -0.15) is 0 Å². The van der Waals surface area contributed by atoms with E-state index in [0.717, 1.165) is 0 Å². The van der Waals surface area contributed by atoms with Crippen molar-refractivity contribution in [1.82, 2.24) is 10.2 Å². The van der Waals surface area contributed by atoms with Crippen LogP contribution in [0.5, 0.6) is 0 Å². The van der Waals surface area contributed by atoms with E-state index < -0.39 is 11.4 Å². The van der Waals surface area contributed by atoms with Crippen LogP contribution >= 0.6 is 11.3 Å². The number of hydrogen-bond donors (Lipinski definition) is 3. The lowest BCUT2D eigenvalue weighted by molar-refractivity contribution is -0.124. The minimum absolute atomic E-state index is 0.133. The molecule has 0 bridgehead atoms. The molecule has 19 heavy (non-hydrogen) atoms. The third kappa shape index (κ3) is 4.30. The lowest BCUT2D eigenvalue weighted by Crippen LogP contribution is -2.54. The highest BCUT2D eigenvalue weighted by molar-refractivity contribution is 7.12. The Bertz CT molecular complexity index is 429. The predicted molar refractivity (Wildman–Crippen MR) is 72.0 cm³/mol. The van der Waals surface area contributed by atoms with Crippen LogP contribution in [0, 0.1) is 0 Å². The summed E-state index contributed by atoms with van der Waals surface area (Å²) in [4.78, 5) is 25.5. The largest absolute Gasteiger partial charge is 0.394 e. The van der Waals surface area contributed by atoms with E-state index in [1.165, 1.54) is 30.2 Å². The SMILES string of the molecule is CN(CC(=O)NC(C)(CO)CO)C(=O)c1cccs1. The average Bonchev–Trinajstić information content (AvgIpc) is 2.91. The maximum Gasteiger partial charge on any atom is 0.264 e. The number of hydrogen-bond acceptors (Lipinski definition) is 5. The second kappa shape index (κ2) is 6.65. The van der Waals surface area contributed by atoms with Crippen molar-refractivity contribution in [2.24, 2.45) is 0 Å². The number of aliphatic hydroxyl groups is 2. The third-order valence-electron chi connectivity index (χ3n) is 2.60. The van der Waals surface area contributed by atoms with Crippen LogP contribution in [0.4, 0.5) is 0 Å².